The molecule has 1 aliphatic heterocycles. The predicted molar refractivity (Wildman–Crippen MR) is 86.5 cm³/mol. The third-order valence-corrected chi connectivity index (χ3v) is 4.03. The summed E-state index contributed by atoms with van der Waals surface area (Å²) < 4.78 is 10.9. The Bertz CT molecular complexity index is 701. The maximum absolute atomic E-state index is 12.2. The molecule has 0 spiro atoms. The molecule has 3 rings (SSSR count). The standard InChI is InChI=1S/C17H21N3O4/c1-2-15-19-12(10-24-15)7-18-17(22)20-16-11(8-21)9-23-14-6-4-3-5-13(14)16/h3-6,10-11,16,21H,2,7-9H2,1H3,(H2,18,20,22)/t11-,16-/m1/s1. The van der Waals surface area contributed by atoms with E-state index in [2.05, 4.69) is 15.6 Å². The summed E-state index contributed by atoms with van der Waals surface area (Å²) in [6.07, 6.45) is 2.25. The number of hydrogen-bond acceptors (Lipinski definition) is 5. The fourth-order valence-electron chi connectivity index (χ4n) is 2.73. The Hall–Kier alpha value is -2.54. The van der Waals surface area contributed by atoms with Gasteiger partial charge in [-0.3, -0.25) is 0 Å². The molecule has 0 saturated heterocycles. The molecule has 2 amide bonds. The van der Waals surface area contributed by atoms with Crippen molar-refractivity contribution in [3.63, 3.8) is 0 Å². The number of ether oxygens (including phenoxy) is 1. The maximum Gasteiger partial charge on any atom is 0.315 e. The van der Waals surface area contributed by atoms with Crippen molar-refractivity contribution in [3.8, 4) is 5.75 Å². The van der Waals surface area contributed by atoms with Gasteiger partial charge >= 0.3 is 6.03 Å². The highest BCUT2D eigenvalue weighted by atomic mass is 16.5. The summed E-state index contributed by atoms with van der Waals surface area (Å²) in [5.74, 6) is 1.19. The first kappa shape index (κ1) is 16.3. The molecule has 1 aliphatic rings. The van der Waals surface area contributed by atoms with Crippen LogP contribution in [0.3, 0.4) is 0 Å². The number of nitrogens with zero attached hydrogens (tertiary/aromatic N) is 1. The Morgan fingerprint density at radius 3 is 3.00 bits per heavy atom. The molecule has 2 heterocycles. The quantitative estimate of drug-likeness (QED) is 0.776. The van der Waals surface area contributed by atoms with Gasteiger partial charge in [0.25, 0.3) is 0 Å². The van der Waals surface area contributed by atoms with Crippen LogP contribution in [0.2, 0.25) is 0 Å². The normalized spacial score (nSPS) is 19.2. The van der Waals surface area contributed by atoms with Gasteiger partial charge < -0.3 is 24.9 Å². The second-order valence-electron chi connectivity index (χ2n) is 5.68. The smallest absolute Gasteiger partial charge is 0.315 e. The van der Waals surface area contributed by atoms with E-state index in [1.54, 1.807) is 6.26 Å². The molecule has 3 N–H and O–H groups in total. The first-order chi connectivity index (χ1) is 11.7. The molecular formula is C17H21N3O4. The molecule has 128 valence electrons. The van der Waals surface area contributed by atoms with Gasteiger partial charge in [0, 0.05) is 17.9 Å². The Kier molecular flexibility index (Phi) is 5.00. The number of hydrogen-bond donors (Lipinski definition) is 3. The first-order valence-electron chi connectivity index (χ1n) is 8.01. The summed E-state index contributed by atoms with van der Waals surface area (Å²) in [6, 6.07) is 6.89. The number of nitrogens with one attached hydrogen (secondary N) is 2. The Morgan fingerprint density at radius 1 is 1.42 bits per heavy atom. The number of aromatic nitrogens is 1. The third kappa shape index (κ3) is 3.51. The molecule has 0 fully saturated rings. The number of urea groups is 1. The first-order valence-corrected chi connectivity index (χ1v) is 8.01. The number of aliphatic hydroxyl groups excluding tert-OH is 1. The number of amides is 2. The lowest BCUT2D eigenvalue weighted by atomic mass is 9.91. The van der Waals surface area contributed by atoms with Crippen molar-refractivity contribution in [2.75, 3.05) is 13.2 Å². The summed E-state index contributed by atoms with van der Waals surface area (Å²) in [4.78, 5) is 16.5. The van der Waals surface area contributed by atoms with Crippen molar-refractivity contribution in [2.24, 2.45) is 5.92 Å². The molecule has 1 aromatic heterocycles. The van der Waals surface area contributed by atoms with Crippen LogP contribution in [0.1, 0.15) is 30.1 Å². The minimum atomic E-state index is -0.323. The minimum Gasteiger partial charge on any atom is -0.493 e. The fourth-order valence-corrected chi connectivity index (χ4v) is 2.73. The van der Waals surface area contributed by atoms with E-state index in [0.29, 0.717) is 24.6 Å². The molecule has 24 heavy (non-hydrogen) atoms. The number of carbonyl (C=O) groups excluding carboxylic acids is 1. The largest absolute Gasteiger partial charge is 0.493 e. The van der Waals surface area contributed by atoms with Gasteiger partial charge in [0.15, 0.2) is 5.89 Å². The Balaban J connectivity index is 1.64. The lowest BCUT2D eigenvalue weighted by molar-refractivity contribution is 0.113. The minimum absolute atomic E-state index is 0.0670. The Morgan fingerprint density at radius 2 is 2.25 bits per heavy atom. The average Bonchev–Trinajstić information content (AvgIpc) is 3.08. The summed E-state index contributed by atoms with van der Waals surface area (Å²) in [5, 5.41) is 15.2. The van der Waals surface area contributed by atoms with Crippen LogP contribution in [0.5, 0.6) is 5.75 Å². The van der Waals surface area contributed by atoms with Crippen molar-refractivity contribution in [1.82, 2.24) is 15.6 Å². The number of oxazole rings is 1. The van der Waals surface area contributed by atoms with E-state index in [9.17, 15) is 9.90 Å². The zero-order valence-corrected chi connectivity index (χ0v) is 13.5. The lowest BCUT2D eigenvalue weighted by Gasteiger charge is -2.33. The number of aryl methyl sites for hydroxylation is 1. The fraction of sp³-hybridized carbons (Fsp3) is 0.412. The number of fused-ring (bicyclic) bond motifs is 1. The van der Waals surface area contributed by atoms with Crippen LogP contribution in [0, 0.1) is 5.92 Å². The van der Waals surface area contributed by atoms with Crippen LogP contribution in [-0.4, -0.2) is 29.3 Å². The van der Waals surface area contributed by atoms with Crippen molar-refractivity contribution >= 4 is 6.03 Å². The molecule has 0 radical (unpaired) electrons. The summed E-state index contributed by atoms with van der Waals surface area (Å²) in [5.41, 5.74) is 1.54. The van der Waals surface area contributed by atoms with Gasteiger partial charge in [-0.05, 0) is 6.07 Å². The second-order valence-corrected chi connectivity index (χ2v) is 5.68. The van der Waals surface area contributed by atoms with Crippen LogP contribution >= 0.6 is 0 Å². The molecule has 2 atom stereocenters. The van der Waals surface area contributed by atoms with Gasteiger partial charge in [0.2, 0.25) is 0 Å². The molecule has 0 aliphatic carbocycles. The molecule has 7 nitrogen and oxygen atoms in total. The highest BCUT2D eigenvalue weighted by molar-refractivity contribution is 5.74. The van der Waals surface area contributed by atoms with E-state index < -0.39 is 0 Å². The molecule has 1 aromatic carbocycles. The summed E-state index contributed by atoms with van der Waals surface area (Å²) in [6.45, 7) is 2.53. The van der Waals surface area contributed by atoms with Gasteiger partial charge in [-0.2, -0.15) is 0 Å². The van der Waals surface area contributed by atoms with Crippen molar-refractivity contribution in [3.05, 3.63) is 47.7 Å². The molecule has 7 heteroatoms. The molecule has 0 unspecified atom stereocenters. The van der Waals surface area contributed by atoms with Crippen molar-refractivity contribution in [2.45, 2.75) is 25.9 Å². The number of para-hydroxylation sites is 1. The van der Waals surface area contributed by atoms with Gasteiger partial charge in [-0.1, -0.05) is 25.1 Å². The zero-order valence-electron chi connectivity index (χ0n) is 13.5. The highest BCUT2D eigenvalue weighted by Gasteiger charge is 2.31. The topological polar surface area (TPSA) is 96.6 Å². The van der Waals surface area contributed by atoms with Crippen LogP contribution in [0.25, 0.3) is 0 Å². The number of rotatable bonds is 5. The maximum atomic E-state index is 12.2. The lowest BCUT2D eigenvalue weighted by Crippen LogP contribution is -2.44. The van der Waals surface area contributed by atoms with E-state index in [1.165, 1.54) is 0 Å². The summed E-state index contributed by atoms with van der Waals surface area (Å²) >= 11 is 0. The van der Waals surface area contributed by atoms with Crippen LogP contribution in [-0.2, 0) is 13.0 Å². The van der Waals surface area contributed by atoms with E-state index >= 15 is 0 Å². The number of carbonyl (C=O) groups is 1. The van der Waals surface area contributed by atoms with Gasteiger partial charge in [0.05, 0.1) is 31.5 Å². The third-order valence-electron chi connectivity index (χ3n) is 4.03. The van der Waals surface area contributed by atoms with Gasteiger partial charge in [-0.15, -0.1) is 0 Å². The summed E-state index contributed by atoms with van der Waals surface area (Å²) in [7, 11) is 0. The Labute approximate surface area is 140 Å². The van der Waals surface area contributed by atoms with Gasteiger partial charge in [-0.25, -0.2) is 9.78 Å². The van der Waals surface area contributed by atoms with E-state index in [1.807, 2.05) is 31.2 Å². The highest BCUT2D eigenvalue weighted by Crippen LogP contribution is 2.34. The monoisotopic (exact) mass is 331 g/mol. The van der Waals surface area contributed by atoms with Crippen molar-refractivity contribution < 1.29 is 19.1 Å². The zero-order chi connectivity index (χ0) is 16.9. The number of benzene rings is 1. The molecule has 0 saturated carbocycles. The number of aliphatic hydroxyl groups is 1. The molecular weight excluding hydrogens is 310 g/mol. The SMILES string of the molecule is CCc1nc(CNC(=O)N[C@H]2c3ccccc3OC[C@H]2CO)co1. The van der Waals surface area contributed by atoms with Crippen LogP contribution in [0.4, 0.5) is 4.79 Å². The van der Waals surface area contributed by atoms with Crippen molar-refractivity contribution in [1.29, 1.82) is 0 Å². The average molecular weight is 331 g/mol. The predicted octanol–water partition coefficient (Wildman–Crippen LogP) is 1.78. The van der Waals surface area contributed by atoms with Crippen LogP contribution in [0.15, 0.2) is 34.9 Å². The molecule has 2 aromatic rings. The second kappa shape index (κ2) is 7.35. The van der Waals surface area contributed by atoms with E-state index in [-0.39, 0.29) is 31.1 Å². The van der Waals surface area contributed by atoms with Crippen LogP contribution < -0.4 is 15.4 Å². The van der Waals surface area contributed by atoms with E-state index in [0.717, 1.165) is 11.3 Å². The van der Waals surface area contributed by atoms with Gasteiger partial charge in [0.1, 0.15) is 12.0 Å². The molecule has 0 bridgehead atoms. The van der Waals surface area contributed by atoms with E-state index in [4.69, 9.17) is 9.15 Å².